The number of ether oxygens (including phenoxy) is 1. The first-order valence-corrected chi connectivity index (χ1v) is 9.70. The average Bonchev–Trinajstić information content (AvgIpc) is 3.10. The molecule has 1 atom stereocenters. The molecular weight excluding hydrogens is 342 g/mol. The molecule has 0 aliphatic carbocycles. The molecule has 4 rings (SSSR count). The van der Waals surface area contributed by atoms with E-state index in [-0.39, 0.29) is 5.91 Å². The molecule has 1 aromatic carbocycles. The Hall–Kier alpha value is -2.25. The van der Waals surface area contributed by atoms with Gasteiger partial charge in [-0.25, -0.2) is 4.68 Å². The van der Waals surface area contributed by atoms with Crippen LogP contribution >= 0.6 is 0 Å². The first kappa shape index (κ1) is 18.1. The lowest BCUT2D eigenvalue weighted by atomic mass is 9.93. The van der Waals surface area contributed by atoms with Crippen molar-refractivity contribution in [2.45, 2.75) is 38.3 Å². The van der Waals surface area contributed by atoms with Gasteiger partial charge in [0.2, 0.25) is 0 Å². The van der Waals surface area contributed by atoms with Crippen LogP contribution in [-0.4, -0.2) is 58.6 Å². The van der Waals surface area contributed by atoms with Crippen LogP contribution in [0.4, 0.5) is 0 Å². The van der Waals surface area contributed by atoms with Crippen LogP contribution in [0.3, 0.4) is 0 Å². The highest BCUT2D eigenvalue weighted by Gasteiger charge is 2.37. The van der Waals surface area contributed by atoms with Gasteiger partial charge in [-0.05, 0) is 45.3 Å². The van der Waals surface area contributed by atoms with Crippen LogP contribution in [0.1, 0.15) is 47.6 Å². The molecule has 7 heteroatoms. The van der Waals surface area contributed by atoms with Crippen LogP contribution in [0.2, 0.25) is 0 Å². The Balaban J connectivity index is 1.53. The molecule has 1 amide bonds. The van der Waals surface area contributed by atoms with Gasteiger partial charge in [0.15, 0.2) is 5.69 Å². The van der Waals surface area contributed by atoms with Gasteiger partial charge < -0.3 is 15.0 Å². The van der Waals surface area contributed by atoms with Crippen molar-refractivity contribution in [3.63, 3.8) is 0 Å². The fourth-order valence-corrected chi connectivity index (χ4v) is 4.09. The number of carbonyl (C=O) groups excluding carboxylic acids is 1. The number of nitrogens with one attached hydrogen (secondary N) is 1. The van der Waals surface area contributed by atoms with Gasteiger partial charge in [-0.3, -0.25) is 4.79 Å². The summed E-state index contributed by atoms with van der Waals surface area (Å²) in [6.45, 7) is 7.54. The molecule has 3 heterocycles. The van der Waals surface area contributed by atoms with Gasteiger partial charge in [0, 0.05) is 6.54 Å². The number of benzene rings is 1. The van der Waals surface area contributed by atoms with Crippen molar-refractivity contribution in [1.82, 2.24) is 25.2 Å². The van der Waals surface area contributed by atoms with Gasteiger partial charge in [-0.15, -0.1) is 5.10 Å². The first-order valence-electron chi connectivity index (χ1n) is 9.70. The maximum absolute atomic E-state index is 13.2. The van der Waals surface area contributed by atoms with Gasteiger partial charge >= 0.3 is 0 Å². The van der Waals surface area contributed by atoms with E-state index in [1.807, 2.05) is 53.8 Å². The maximum atomic E-state index is 13.2. The molecule has 0 saturated carbocycles. The molecule has 0 unspecified atom stereocenters. The molecule has 0 bridgehead atoms. The third-order valence-corrected chi connectivity index (χ3v) is 5.73. The zero-order chi connectivity index (χ0) is 18.9. The Morgan fingerprint density at radius 3 is 2.74 bits per heavy atom. The van der Waals surface area contributed by atoms with E-state index in [2.05, 4.69) is 15.6 Å². The topological polar surface area (TPSA) is 72.3 Å². The van der Waals surface area contributed by atoms with E-state index in [4.69, 9.17) is 4.74 Å². The summed E-state index contributed by atoms with van der Waals surface area (Å²) in [7, 11) is 0. The zero-order valence-corrected chi connectivity index (χ0v) is 16.0. The number of amides is 1. The lowest BCUT2D eigenvalue weighted by Gasteiger charge is -2.40. The largest absolute Gasteiger partial charge is 0.367 e. The molecule has 2 aliphatic rings. The number of piperidine rings is 1. The zero-order valence-electron chi connectivity index (χ0n) is 16.0. The molecule has 1 aromatic heterocycles. The quantitative estimate of drug-likeness (QED) is 0.895. The second-order valence-corrected chi connectivity index (χ2v) is 7.62. The Morgan fingerprint density at radius 2 is 2.00 bits per heavy atom. The fraction of sp³-hybridized carbons (Fsp3) is 0.550. The Kier molecular flexibility index (Phi) is 4.97. The molecule has 2 fully saturated rings. The monoisotopic (exact) mass is 369 g/mol. The van der Waals surface area contributed by atoms with Crippen LogP contribution < -0.4 is 5.32 Å². The van der Waals surface area contributed by atoms with Gasteiger partial charge in [-0.2, -0.15) is 0 Å². The minimum absolute atomic E-state index is 0.0573. The van der Waals surface area contributed by atoms with Gasteiger partial charge in [0.25, 0.3) is 5.91 Å². The van der Waals surface area contributed by atoms with Crippen molar-refractivity contribution in [2.75, 3.05) is 32.8 Å². The number of carbonyl (C=O) groups is 1. The number of nitrogens with zero attached hydrogens (tertiary/aromatic N) is 4. The smallest absolute Gasteiger partial charge is 0.276 e. The molecule has 0 spiro atoms. The number of aromatic nitrogens is 3. The van der Waals surface area contributed by atoms with Crippen molar-refractivity contribution in [3.8, 4) is 0 Å². The summed E-state index contributed by atoms with van der Waals surface area (Å²) >= 11 is 0. The Morgan fingerprint density at radius 1 is 1.26 bits per heavy atom. The molecule has 27 heavy (non-hydrogen) atoms. The third-order valence-electron chi connectivity index (χ3n) is 5.73. The molecule has 2 saturated heterocycles. The molecular formula is C20H27N5O2. The second-order valence-electron chi connectivity index (χ2n) is 7.62. The third kappa shape index (κ3) is 3.49. The average molecular weight is 369 g/mol. The number of hydrogen-bond donors (Lipinski definition) is 1. The summed E-state index contributed by atoms with van der Waals surface area (Å²) in [5.74, 6) is -0.0573. The van der Waals surface area contributed by atoms with Crippen LogP contribution in [0, 0.1) is 6.92 Å². The molecule has 144 valence electrons. The molecule has 2 aliphatic heterocycles. The number of rotatable bonds is 3. The van der Waals surface area contributed by atoms with E-state index < -0.39 is 5.60 Å². The molecule has 0 radical (unpaired) electrons. The van der Waals surface area contributed by atoms with E-state index in [1.165, 1.54) is 0 Å². The van der Waals surface area contributed by atoms with Crippen LogP contribution in [0.15, 0.2) is 30.3 Å². The standard InChI is InChI=1S/C20H27N5O2/c1-15-18(22-23-25(15)17-8-10-21-11-9-17)19(26)24-12-13-27-20(2,14-24)16-6-4-3-5-7-16/h3-7,17,21H,8-14H2,1-2H3/t20-/m1/s1. The van der Waals surface area contributed by atoms with Crippen molar-refractivity contribution < 1.29 is 9.53 Å². The second kappa shape index (κ2) is 7.40. The SMILES string of the molecule is Cc1c(C(=O)N2CCO[C@@](C)(c3ccccc3)C2)nnn1C1CCNCC1. The highest BCUT2D eigenvalue weighted by molar-refractivity contribution is 5.93. The predicted molar refractivity (Wildman–Crippen MR) is 102 cm³/mol. The van der Waals surface area contributed by atoms with Crippen molar-refractivity contribution in [3.05, 3.63) is 47.3 Å². The predicted octanol–water partition coefficient (Wildman–Crippen LogP) is 1.90. The minimum Gasteiger partial charge on any atom is -0.367 e. The van der Waals surface area contributed by atoms with Crippen molar-refractivity contribution >= 4 is 5.91 Å². The number of hydrogen-bond acceptors (Lipinski definition) is 5. The maximum Gasteiger partial charge on any atom is 0.276 e. The van der Waals surface area contributed by atoms with E-state index in [0.29, 0.717) is 31.4 Å². The van der Waals surface area contributed by atoms with Gasteiger partial charge in [-0.1, -0.05) is 35.5 Å². The normalized spacial score (nSPS) is 24.1. The van der Waals surface area contributed by atoms with Crippen molar-refractivity contribution in [2.24, 2.45) is 0 Å². The van der Waals surface area contributed by atoms with Crippen LogP contribution in [-0.2, 0) is 10.3 Å². The van der Waals surface area contributed by atoms with E-state index in [0.717, 1.165) is 37.2 Å². The summed E-state index contributed by atoms with van der Waals surface area (Å²) < 4.78 is 7.99. The van der Waals surface area contributed by atoms with Crippen LogP contribution in [0.25, 0.3) is 0 Å². The summed E-state index contributed by atoms with van der Waals surface area (Å²) in [6, 6.07) is 10.4. The number of morpholine rings is 1. The summed E-state index contributed by atoms with van der Waals surface area (Å²) in [6.07, 6.45) is 2.03. The van der Waals surface area contributed by atoms with E-state index in [9.17, 15) is 4.79 Å². The highest BCUT2D eigenvalue weighted by atomic mass is 16.5. The lowest BCUT2D eigenvalue weighted by molar-refractivity contribution is -0.0931. The Bertz CT molecular complexity index is 800. The van der Waals surface area contributed by atoms with Gasteiger partial charge in [0.1, 0.15) is 5.60 Å². The van der Waals surface area contributed by atoms with Gasteiger partial charge in [0.05, 0.1) is 24.9 Å². The molecule has 1 N–H and O–H groups in total. The first-order chi connectivity index (χ1) is 13.1. The van der Waals surface area contributed by atoms with E-state index >= 15 is 0 Å². The van der Waals surface area contributed by atoms with Crippen LogP contribution in [0.5, 0.6) is 0 Å². The molecule has 2 aromatic rings. The lowest BCUT2D eigenvalue weighted by Crippen LogP contribution is -2.50. The van der Waals surface area contributed by atoms with E-state index in [1.54, 1.807) is 0 Å². The summed E-state index contributed by atoms with van der Waals surface area (Å²) in [5.41, 5.74) is 1.90. The summed E-state index contributed by atoms with van der Waals surface area (Å²) in [4.78, 5) is 15.0. The highest BCUT2D eigenvalue weighted by Crippen LogP contribution is 2.30. The summed E-state index contributed by atoms with van der Waals surface area (Å²) in [5, 5.41) is 11.9. The Labute approximate surface area is 159 Å². The van der Waals surface area contributed by atoms with Crippen molar-refractivity contribution in [1.29, 1.82) is 0 Å². The molecule has 7 nitrogen and oxygen atoms in total. The minimum atomic E-state index is -0.506. The fourth-order valence-electron chi connectivity index (χ4n) is 4.09.